The molecule has 0 bridgehead atoms. The van der Waals surface area contributed by atoms with Gasteiger partial charge in [-0.2, -0.15) is 0 Å². The number of fused-ring (bicyclic) bond motifs is 1. The molecule has 0 aliphatic heterocycles. The van der Waals surface area contributed by atoms with E-state index < -0.39 is 6.10 Å². The number of hydrogen-bond acceptors (Lipinski definition) is 5. The summed E-state index contributed by atoms with van der Waals surface area (Å²) < 4.78 is 7.64. The van der Waals surface area contributed by atoms with Crippen molar-refractivity contribution in [3.8, 4) is 5.75 Å². The van der Waals surface area contributed by atoms with E-state index in [9.17, 15) is 5.11 Å². The van der Waals surface area contributed by atoms with Crippen molar-refractivity contribution >= 4 is 5.65 Å². The highest BCUT2D eigenvalue weighted by Gasteiger charge is 2.10. The number of benzene rings is 1. The third kappa shape index (κ3) is 3.90. The van der Waals surface area contributed by atoms with Gasteiger partial charge >= 0.3 is 0 Å². The Morgan fingerprint density at radius 2 is 2.17 bits per heavy atom. The van der Waals surface area contributed by atoms with Crippen molar-refractivity contribution in [2.75, 3.05) is 6.54 Å². The highest BCUT2D eigenvalue weighted by Crippen LogP contribution is 2.20. The summed E-state index contributed by atoms with van der Waals surface area (Å²) in [6, 6.07) is 7.58. The molecule has 0 saturated carbocycles. The third-order valence-corrected chi connectivity index (χ3v) is 3.65. The monoisotopic (exact) mass is 326 g/mol. The maximum absolute atomic E-state index is 10.4. The van der Waals surface area contributed by atoms with Gasteiger partial charge < -0.3 is 15.2 Å². The highest BCUT2D eigenvalue weighted by atomic mass is 16.5. The highest BCUT2D eigenvalue weighted by molar-refractivity contribution is 5.36. The number of hydrogen-bond donors (Lipinski definition) is 2. The van der Waals surface area contributed by atoms with Gasteiger partial charge in [0.1, 0.15) is 5.75 Å². The van der Waals surface area contributed by atoms with E-state index in [2.05, 4.69) is 15.3 Å². The number of nitrogens with zero attached hydrogens (tertiary/aromatic N) is 3. The van der Waals surface area contributed by atoms with Crippen molar-refractivity contribution in [1.82, 2.24) is 19.7 Å². The third-order valence-electron chi connectivity index (χ3n) is 3.65. The molecular weight excluding hydrogens is 304 g/mol. The Balaban J connectivity index is 1.58. The van der Waals surface area contributed by atoms with Crippen molar-refractivity contribution < 1.29 is 9.84 Å². The molecule has 1 unspecified atom stereocenters. The van der Waals surface area contributed by atoms with Crippen LogP contribution in [-0.4, -0.2) is 32.1 Å². The first-order valence-electron chi connectivity index (χ1n) is 8.05. The molecule has 6 nitrogen and oxygen atoms in total. The summed E-state index contributed by atoms with van der Waals surface area (Å²) in [4.78, 5) is 8.34. The molecule has 0 spiro atoms. The molecule has 0 amide bonds. The molecule has 0 saturated heterocycles. The Morgan fingerprint density at radius 1 is 1.29 bits per heavy atom. The van der Waals surface area contributed by atoms with Crippen molar-refractivity contribution in [3.63, 3.8) is 0 Å². The van der Waals surface area contributed by atoms with Gasteiger partial charge in [0.2, 0.25) is 0 Å². The van der Waals surface area contributed by atoms with Crippen LogP contribution in [0.3, 0.4) is 0 Å². The molecule has 0 fully saturated rings. The molecule has 1 atom stereocenters. The van der Waals surface area contributed by atoms with Gasteiger partial charge in [-0.15, -0.1) is 0 Å². The molecule has 0 aliphatic rings. The van der Waals surface area contributed by atoms with Gasteiger partial charge in [-0.1, -0.05) is 12.1 Å². The number of ether oxygens (including phenoxy) is 1. The lowest BCUT2D eigenvalue weighted by Crippen LogP contribution is -2.21. The summed E-state index contributed by atoms with van der Waals surface area (Å²) >= 11 is 0. The minimum absolute atomic E-state index is 0.111. The van der Waals surface area contributed by atoms with Gasteiger partial charge in [-0.05, 0) is 31.5 Å². The van der Waals surface area contributed by atoms with Crippen molar-refractivity contribution in [2.24, 2.45) is 0 Å². The van der Waals surface area contributed by atoms with Crippen LogP contribution >= 0.6 is 0 Å². The van der Waals surface area contributed by atoms with E-state index >= 15 is 0 Å². The normalized spacial score (nSPS) is 12.7. The van der Waals surface area contributed by atoms with E-state index in [1.807, 2.05) is 54.9 Å². The van der Waals surface area contributed by atoms with Crippen LogP contribution in [0.1, 0.15) is 31.2 Å². The summed E-state index contributed by atoms with van der Waals surface area (Å²) in [6.45, 7) is 5.03. The van der Waals surface area contributed by atoms with Crippen molar-refractivity contribution in [2.45, 2.75) is 32.6 Å². The van der Waals surface area contributed by atoms with Crippen LogP contribution in [0.4, 0.5) is 0 Å². The fraction of sp³-hybridized carbons (Fsp3) is 0.333. The average Bonchev–Trinajstić information content (AvgIpc) is 2.98. The number of nitrogens with one attached hydrogen (secondary N) is 1. The molecule has 6 heteroatoms. The molecule has 1 aromatic carbocycles. The summed E-state index contributed by atoms with van der Waals surface area (Å²) in [5, 5.41) is 13.6. The SMILES string of the molecule is CC(C)Oc1cccc(C(O)CNCc2cnc3cnccn23)c1. The van der Waals surface area contributed by atoms with Gasteiger partial charge in [0.05, 0.1) is 30.3 Å². The van der Waals surface area contributed by atoms with Gasteiger partial charge in [-0.25, -0.2) is 4.98 Å². The fourth-order valence-electron chi connectivity index (χ4n) is 2.55. The number of aromatic nitrogens is 3. The summed E-state index contributed by atoms with van der Waals surface area (Å²) in [5.41, 5.74) is 2.67. The number of rotatable bonds is 7. The number of aliphatic hydroxyl groups excluding tert-OH is 1. The lowest BCUT2D eigenvalue weighted by molar-refractivity contribution is 0.173. The van der Waals surface area contributed by atoms with E-state index in [-0.39, 0.29) is 6.10 Å². The molecular formula is C18H22N4O2. The summed E-state index contributed by atoms with van der Waals surface area (Å²) in [5.74, 6) is 0.774. The summed E-state index contributed by atoms with van der Waals surface area (Å²) in [6.07, 6.45) is 6.66. The van der Waals surface area contributed by atoms with Gasteiger partial charge in [0.25, 0.3) is 0 Å². The molecule has 3 rings (SSSR count). The number of aliphatic hydroxyl groups is 1. The zero-order valence-electron chi connectivity index (χ0n) is 13.9. The molecule has 2 heterocycles. The first-order valence-corrected chi connectivity index (χ1v) is 8.05. The first kappa shape index (κ1) is 16.4. The van der Waals surface area contributed by atoms with Gasteiger partial charge in [0, 0.05) is 25.5 Å². The quantitative estimate of drug-likeness (QED) is 0.697. The Labute approximate surface area is 141 Å². The van der Waals surface area contributed by atoms with Gasteiger partial charge in [0.15, 0.2) is 5.65 Å². The molecule has 2 N–H and O–H groups in total. The largest absolute Gasteiger partial charge is 0.491 e. The zero-order chi connectivity index (χ0) is 16.9. The van der Waals surface area contributed by atoms with Crippen LogP contribution in [0.25, 0.3) is 5.65 Å². The predicted octanol–water partition coefficient (Wildman–Crippen LogP) is 2.34. The van der Waals surface area contributed by atoms with E-state index in [1.165, 1.54) is 0 Å². The second-order valence-corrected chi connectivity index (χ2v) is 5.94. The molecule has 3 aromatic rings. The maximum atomic E-state index is 10.4. The lowest BCUT2D eigenvalue weighted by atomic mass is 10.1. The number of imidazole rings is 1. The van der Waals surface area contributed by atoms with E-state index in [0.717, 1.165) is 22.7 Å². The fourth-order valence-corrected chi connectivity index (χ4v) is 2.55. The van der Waals surface area contributed by atoms with Crippen molar-refractivity contribution in [3.05, 3.63) is 60.3 Å². The van der Waals surface area contributed by atoms with Crippen LogP contribution in [-0.2, 0) is 6.54 Å². The van der Waals surface area contributed by atoms with E-state index in [1.54, 1.807) is 12.4 Å². The average molecular weight is 326 g/mol. The Kier molecular flexibility index (Phi) is 5.08. The van der Waals surface area contributed by atoms with Crippen LogP contribution in [0, 0.1) is 0 Å². The molecule has 24 heavy (non-hydrogen) atoms. The Morgan fingerprint density at radius 3 is 3.00 bits per heavy atom. The van der Waals surface area contributed by atoms with E-state index in [0.29, 0.717) is 13.1 Å². The Bertz CT molecular complexity index is 800. The standard InChI is InChI=1S/C18H22N4O2/c1-13(2)24-16-5-3-4-14(8-16)17(23)11-20-9-15-10-21-18-12-19-6-7-22(15)18/h3-8,10,12-13,17,20,23H,9,11H2,1-2H3. The second-order valence-electron chi connectivity index (χ2n) is 5.94. The second kappa shape index (κ2) is 7.42. The maximum Gasteiger partial charge on any atom is 0.155 e. The first-order chi connectivity index (χ1) is 11.6. The van der Waals surface area contributed by atoms with Crippen molar-refractivity contribution in [1.29, 1.82) is 0 Å². The molecule has 126 valence electrons. The van der Waals surface area contributed by atoms with Crippen LogP contribution < -0.4 is 10.1 Å². The molecule has 0 radical (unpaired) electrons. The van der Waals surface area contributed by atoms with Crippen LogP contribution in [0.5, 0.6) is 5.75 Å². The van der Waals surface area contributed by atoms with Crippen LogP contribution in [0.2, 0.25) is 0 Å². The zero-order valence-corrected chi connectivity index (χ0v) is 13.9. The van der Waals surface area contributed by atoms with Gasteiger partial charge in [-0.3, -0.25) is 9.38 Å². The molecule has 2 aromatic heterocycles. The van der Waals surface area contributed by atoms with E-state index in [4.69, 9.17) is 4.74 Å². The topological polar surface area (TPSA) is 71.7 Å². The minimum atomic E-state index is -0.596. The Hall–Kier alpha value is -2.44. The minimum Gasteiger partial charge on any atom is -0.491 e. The lowest BCUT2D eigenvalue weighted by Gasteiger charge is -2.15. The predicted molar refractivity (Wildman–Crippen MR) is 91.9 cm³/mol. The summed E-state index contributed by atoms with van der Waals surface area (Å²) in [7, 11) is 0. The van der Waals surface area contributed by atoms with Crippen LogP contribution in [0.15, 0.2) is 49.1 Å². The molecule has 0 aliphatic carbocycles. The smallest absolute Gasteiger partial charge is 0.155 e.